The highest BCUT2D eigenvalue weighted by atomic mass is 79.9. The third-order valence-corrected chi connectivity index (χ3v) is 1.94. The Balaban J connectivity index is 3.16. The van der Waals surface area contributed by atoms with Gasteiger partial charge >= 0.3 is 7.12 Å². The molecule has 0 aliphatic carbocycles. The Kier molecular flexibility index (Phi) is 6.00. The maximum Gasteiger partial charge on any atom is 0.470 e. The molecule has 0 aliphatic heterocycles. The lowest BCUT2D eigenvalue weighted by molar-refractivity contribution is 0.398. The molecule has 0 bridgehead atoms. The van der Waals surface area contributed by atoms with E-state index in [9.17, 15) is 0 Å². The summed E-state index contributed by atoms with van der Waals surface area (Å²) < 4.78 is 0. The van der Waals surface area contributed by atoms with Gasteiger partial charge in [-0.3, -0.25) is 0 Å². The summed E-state index contributed by atoms with van der Waals surface area (Å²) in [4.78, 5) is 0. The average molecular weight is 215 g/mol. The van der Waals surface area contributed by atoms with Gasteiger partial charge in [0.2, 0.25) is 0 Å². The van der Waals surface area contributed by atoms with Gasteiger partial charge in [-0.25, -0.2) is 0 Å². The minimum atomic E-state index is -1.38. The predicted octanol–water partition coefficient (Wildman–Crippen LogP) is 0.781. The van der Waals surface area contributed by atoms with E-state index in [0.717, 1.165) is 11.8 Å². The highest BCUT2D eigenvalue weighted by molar-refractivity contribution is 9.09. The van der Waals surface area contributed by atoms with E-state index < -0.39 is 12.4 Å². The molecule has 2 nitrogen and oxygen atoms in total. The van der Waals surface area contributed by atoms with Crippen molar-refractivity contribution in [3.05, 3.63) is 0 Å². The predicted molar refractivity (Wildman–Crippen MR) is 42.9 cm³/mol. The van der Waals surface area contributed by atoms with Gasteiger partial charge in [-0.1, -0.05) is 15.9 Å². The van der Waals surface area contributed by atoms with Gasteiger partial charge in [0.15, 0.2) is 0 Å². The molecule has 0 saturated heterocycles. The van der Waals surface area contributed by atoms with Crippen LogP contribution >= 0.6 is 27.5 Å². The van der Waals surface area contributed by atoms with Crippen LogP contribution in [-0.2, 0) is 0 Å². The van der Waals surface area contributed by atoms with Crippen molar-refractivity contribution in [1.29, 1.82) is 0 Å². The zero-order chi connectivity index (χ0) is 7.28. The maximum absolute atomic E-state index is 8.46. The van der Waals surface area contributed by atoms with Crippen LogP contribution in [-0.4, -0.2) is 27.8 Å². The number of halogens is 2. The lowest BCUT2D eigenvalue weighted by atomic mass is 9.83. The zero-order valence-electron chi connectivity index (χ0n) is 4.93. The summed E-state index contributed by atoms with van der Waals surface area (Å²) >= 11 is 8.68. The van der Waals surface area contributed by atoms with Gasteiger partial charge < -0.3 is 10.0 Å². The van der Waals surface area contributed by atoms with Crippen molar-refractivity contribution in [2.45, 2.75) is 18.1 Å². The molecule has 54 valence electrons. The Hall–Kier alpha value is 0.755. The lowest BCUT2D eigenvalue weighted by Crippen LogP contribution is -2.25. The van der Waals surface area contributed by atoms with Gasteiger partial charge in [0.1, 0.15) is 0 Å². The zero-order valence-corrected chi connectivity index (χ0v) is 7.27. The lowest BCUT2D eigenvalue weighted by Gasteiger charge is -2.04. The molecule has 0 aromatic carbocycles. The van der Waals surface area contributed by atoms with Gasteiger partial charge in [0.05, 0.1) is 5.28 Å². The van der Waals surface area contributed by atoms with Crippen LogP contribution in [0.4, 0.5) is 0 Å². The van der Waals surface area contributed by atoms with Crippen molar-refractivity contribution in [3.63, 3.8) is 0 Å². The number of hydrogen-bond donors (Lipinski definition) is 2. The van der Waals surface area contributed by atoms with Crippen LogP contribution in [0.1, 0.15) is 12.8 Å². The van der Waals surface area contributed by atoms with E-state index >= 15 is 0 Å². The third-order valence-electron chi connectivity index (χ3n) is 0.937. The van der Waals surface area contributed by atoms with E-state index in [-0.39, 0.29) is 0 Å². The summed E-state index contributed by atoms with van der Waals surface area (Å²) in [6.07, 6.45) is 1.50. The smallest absolute Gasteiger partial charge is 0.426 e. The van der Waals surface area contributed by atoms with Crippen molar-refractivity contribution in [3.8, 4) is 0 Å². The highest BCUT2D eigenvalue weighted by Crippen LogP contribution is 2.07. The second kappa shape index (κ2) is 5.53. The van der Waals surface area contributed by atoms with Gasteiger partial charge in [-0.2, -0.15) is 0 Å². The Bertz CT molecular complexity index is 73.6. The summed E-state index contributed by atoms with van der Waals surface area (Å²) in [5.41, 5.74) is 0. The molecule has 0 aromatic rings. The summed E-state index contributed by atoms with van der Waals surface area (Å²) in [5.74, 6) is 0. The molecule has 0 aliphatic rings. The first-order valence-corrected chi connectivity index (χ1v) is 4.30. The minimum absolute atomic E-state index is 0.525. The molecule has 0 aromatic heterocycles. The van der Waals surface area contributed by atoms with E-state index in [4.69, 9.17) is 21.6 Å². The highest BCUT2D eigenvalue weighted by Gasteiger charge is 2.18. The molecule has 2 N–H and O–H groups in total. The van der Waals surface area contributed by atoms with Crippen molar-refractivity contribution < 1.29 is 10.0 Å². The Morgan fingerprint density at radius 1 is 1.56 bits per heavy atom. The molecule has 0 rings (SSSR count). The van der Waals surface area contributed by atoms with Crippen molar-refractivity contribution in [1.82, 2.24) is 0 Å². The van der Waals surface area contributed by atoms with Crippen LogP contribution in [0.15, 0.2) is 0 Å². The second-order valence-electron chi connectivity index (χ2n) is 1.76. The van der Waals surface area contributed by atoms with Gasteiger partial charge in [0, 0.05) is 5.33 Å². The molecule has 0 heterocycles. The van der Waals surface area contributed by atoms with Gasteiger partial charge in [-0.05, 0) is 12.8 Å². The Labute approximate surface area is 68.5 Å². The molecule has 0 radical (unpaired) electrons. The molecule has 0 spiro atoms. The largest absolute Gasteiger partial charge is 0.470 e. The maximum atomic E-state index is 8.46. The van der Waals surface area contributed by atoms with Crippen LogP contribution in [0.2, 0.25) is 0 Å². The number of alkyl halides is 2. The molecule has 0 saturated carbocycles. The summed E-state index contributed by atoms with van der Waals surface area (Å²) in [6, 6.07) is 0. The summed E-state index contributed by atoms with van der Waals surface area (Å²) in [6.45, 7) is 0. The first-order chi connectivity index (χ1) is 4.18. The van der Waals surface area contributed by atoms with Crippen LogP contribution in [0.25, 0.3) is 0 Å². The second-order valence-corrected chi connectivity index (χ2v) is 3.11. The Morgan fingerprint density at radius 2 is 2.11 bits per heavy atom. The normalized spacial score (nSPS) is 13.3. The monoisotopic (exact) mass is 214 g/mol. The quantitative estimate of drug-likeness (QED) is 0.537. The molecule has 0 unspecified atom stereocenters. The van der Waals surface area contributed by atoms with Crippen molar-refractivity contribution in [2.75, 3.05) is 5.33 Å². The van der Waals surface area contributed by atoms with Gasteiger partial charge in [0.25, 0.3) is 0 Å². The van der Waals surface area contributed by atoms with E-state index in [1.807, 2.05) is 0 Å². The summed E-state index contributed by atoms with van der Waals surface area (Å²) in [5, 5.41) is 17.2. The average Bonchev–Trinajstić information content (AvgIpc) is 1.82. The number of rotatable bonds is 4. The third kappa shape index (κ3) is 5.21. The summed E-state index contributed by atoms with van der Waals surface area (Å²) in [7, 11) is -1.38. The first kappa shape index (κ1) is 9.75. The van der Waals surface area contributed by atoms with Crippen LogP contribution in [0.3, 0.4) is 0 Å². The first-order valence-electron chi connectivity index (χ1n) is 2.74. The molecule has 0 amide bonds. The van der Waals surface area contributed by atoms with Gasteiger partial charge in [-0.15, -0.1) is 11.6 Å². The molecular formula is C4H9BBrClO2. The van der Waals surface area contributed by atoms with Crippen LogP contribution < -0.4 is 0 Å². The molecular weight excluding hydrogens is 206 g/mol. The SMILES string of the molecule is OB(O)[C@H](Cl)CCCBr. The van der Waals surface area contributed by atoms with E-state index in [0.29, 0.717) is 6.42 Å². The molecule has 9 heavy (non-hydrogen) atoms. The Morgan fingerprint density at radius 3 is 2.44 bits per heavy atom. The fourth-order valence-electron chi connectivity index (χ4n) is 0.421. The topological polar surface area (TPSA) is 40.5 Å². The molecule has 0 fully saturated rings. The van der Waals surface area contributed by atoms with E-state index in [1.165, 1.54) is 0 Å². The van der Waals surface area contributed by atoms with E-state index in [1.54, 1.807) is 0 Å². The fraction of sp³-hybridized carbons (Fsp3) is 1.00. The van der Waals surface area contributed by atoms with Crippen molar-refractivity contribution >= 4 is 34.6 Å². The van der Waals surface area contributed by atoms with Crippen LogP contribution in [0, 0.1) is 0 Å². The fourth-order valence-corrected chi connectivity index (χ4v) is 0.899. The van der Waals surface area contributed by atoms with Crippen LogP contribution in [0.5, 0.6) is 0 Å². The number of hydrogen-bond acceptors (Lipinski definition) is 2. The van der Waals surface area contributed by atoms with E-state index in [2.05, 4.69) is 15.9 Å². The minimum Gasteiger partial charge on any atom is -0.426 e. The molecule has 1 atom stereocenters. The van der Waals surface area contributed by atoms with Crippen molar-refractivity contribution in [2.24, 2.45) is 0 Å². The standard InChI is InChI=1S/C4H9BBrClO2/c6-3-1-2-4(7)5(8)9/h4,8-9H,1-3H2/t4-/m1/s1. The molecule has 5 heteroatoms.